The molecule has 5 nitrogen and oxygen atoms in total. The van der Waals surface area contributed by atoms with Gasteiger partial charge in [-0.15, -0.1) is 0 Å². The molecule has 2 aromatic rings. The minimum atomic E-state index is -0.517. The van der Waals surface area contributed by atoms with Crippen molar-refractivity contribution in [3.05, 3.63) is 58.9 Å². The normalized spacial score (nSPS) is 10.2. The second-order valence-corrected chi connectivity index (χ2v) is 5.93. The first-order chi connectivity index (χ1) is 11.9. The van der Waals surface area contributed by atoms with Gasteiger partial charge in [-0.3, -0.25) is 9.59 Å². The Bertz CT molecular complexity index is 743. The Morgan fingerprint density at radius 2 is 1.84 bits per heavy atom. The van der Waals surface area contributed by atoms with Crippen LogP contribution in [0.25, 0.3) is 0 Å². The minimum absolute atomic E-state index is 0.0650. The smallest absolute Gasteiger partial charge is 0.259 e. The van der Waals surface area contributed by atoms with E-state index in [1.807, 2.05) is 0 Å². The molecule has 0 aliphatic heterocycles. The molecule has 0 unspecified atom stereocenters. The predicted octanol–water partition coefficient (Wildman–Crippen LogP) is 3.13. The SMILES string of the molecule is CN(C)C(=O)COc1ccc(NC(=O)Cc2c(F)cccc2Cl)cc1. The maximum atomic E-state index is 13.7. The number of anilines is 1. The molecule has 1 N–H and O–H groups in total. The van der Waals surface area contributed by atoms with Crippen molar-refractivity contribution in [1.82, 2.24) is 4.90 Å². The van der Waals surface area contributed by atoms with Crippen molar-refractivity contribution >= 4 is 29.1 Å². The maximum absolute atomic E-state index is 13.7. The number of nitrogens with one attached hydrogen (secondary N) is 1. The van der Waals surface area contributed by atoms with Crippen molar-refractivity contribution in [2.75, 3.05) is 26.0 Å². The molecule has 2 rings (SSSR count). The first-order valence-electron chi connectivity index (χ1n) is 7.52. The Hall–Kier alpha value is -2.60. The summed E-state index contributed by atoms with van der Waals surface area (Å²) in [6.45, 7) is -0.0650. The van der Waals surface area contributed by atoms with Crippen molar-refractivity contribution in [2.24, 2.45) is 0 Å². The third-order valence-corrected chi connectivity index (χ3v) is 3.75. The van der Waals surface area contributed by atoms with Crippen LogP contribution in [0.3, 0.4) is 0 Å². The van der Waals surface area contributed by atoms with Gasteiger partial charge >= 0.3 is 0 Å². The van der Waals surface area contributed by atoms with Crippen LogP contribution in [0.15, 0.2) is 42.5 Å². The van der Waals surface area contributed by atoms with Gasteiger partial charge in [0.1, 0.15) is 11.6 Å². The topological polar surface area (TPSA) is 58.6 Å². The largest absolute Gasteiger partial charge is 0.484 e. The third kappa shape index (κ3) is 5.46. The number of halogens is 2. The molecule has 2 aromatic carbocycles. The number of nitrogens with zero attached hydrogens (tertiary/aromatic N) is 1. The van der Waals surface area contributed by atoms with Gasteiger partial charge in [0, 0.05) is 30.4 Å². The Labute approximate surface area is 150 Å². The number of carbonyl (C=O) groups is 2. The number of carbonyl (C=O) groups excluding carboxylic acids is 2. The first kappa shape index (κ1) is 18.7. The van der Waals surface area contributed by atoms with Gasteiger partial charge in [-0.25, -0.2) is 4.39 Å². The molecule has 0 spiro atoms. The fraction of sp³-hybridized carbons (Fsp3) is 0.222. The lowest BCUT2D eigenvalue weighted by Gasteiger charge is -2.12. The number of rotatable bonds is 6. The fourth-order valence-corrected chi connectivity index (χ4v) is 2.21. The van der Waals surface area contributed by atoms with E-state index in [1.165, 1.54) is 23.1 Å². The van der Waals surface area contributed by atoms with Gasteiger partial charge in [-0.2, -0.15) is 0 Å². The van der Waals surface area contributed by atoms with Crippen molar-refractivity contribution in [3.63, 3.8) is 0 Å². The van der Waals surface area contributed by atoms with Gasteiger partial charge in [0.25, 0.3) is 5.91 Å². The summed E-state index contributed by atoms with van der Waals surface area (Å²) in [5.74, 6) is -0.551. The van der Waals surface area contributed by atoms with Crippen molar-refractivity contribution < 1.29 is 18.7 Å². The highest BCUT2D eigenvalue weighted by Crippen LogP contribution is 2.21. The molecule has 0 saturated carbocycles. The molecule has 0 radical (unpaired) electrons. The zero-order chi connectivity index (χ0) is 18.4. The van der Waals surface area contributed by atoms with Gasteiger partial charge in [-0.05, 0) is 36.4 Å². The molecule has 132 valence electrons. The average molecular weight is 365 g/mol. The lowest BCUT2D eigenvalue weighted by atomic mass is 10.1. The van der Waals surface area contributed by atoms with E-state index in [9.17, 15) is 14.0 Å². The number of hydrogen-bond donors (Lipinski definition) is 1. The maximum Gasteiger partial charge on any atom is 0.259 e. The van der Waals surface area contributed by atoms with E-state index in [0.717, 1.165) is 0 Å². The monoisotopic (exact) mass is 364 g/mol. The quantitative estimate of drug-likeness (QED) is 0.856. The van der Waals surface area contributed by atoms with E-state index in [-0.39, 0.29) is 35.4 Å². The zero-order valence-corrected chi connectivity index (χ0v) is 14.6. The standard InChI is InChI=1S/C18H18ClFN2O3/c1-22(2)18(24)11-25-13-8-6-12(7-9-13)21-17(23)10-14-15(19)4-3-5-16(14)20/h3-9H,10-11H2,1-2H3,(H,21,23). The number of amides is 2. The molecular formula is C18H18ClFN2O3. The molecule has 0 aliphatic carbocycles. The average Bonchev–Trinajstić information content (AvgIpc) is 2.57. The summed E-state index contributed by atoms with van der Waals surface area (Å²) in [5, 5.41) is 2.87. The molecule has 0 saturated heterocycles. The highest BCUT2D eigenvalue weighted by Gasteiger charge is 2.12. The van der Waals surface area contributed by atoms with E-state index in [2.05, 4.69) is 5.32 Å². The van der Waals surface area contributed by atoms with Crippen LogP contribution in [-0.2, 0) is 16.0 Å². The Balaban J connectivity index is 1.92. The van der Waals surface area contributed by atoms with Crippen molar-refractivity contribution in [3.8, 4) is 5.75 Å². The van der Waals surface area contributed by atoms with Crippen LogP contribution in [0, 0.1) is 5.82 Å². The molecular weight excluding hydrogens is 347 g/mol. The highest BCUT2D eigenvalue weighted by atomic mass is 35.5. The Kier molecular flexibility index (Phi) is 6.36. The second-order valence-electron chi connectivity index (χ2n) is 5.53. The summed E-state index contributed by atoms with van der Waals surface area (Å²) in [7, 11) is 3.29. The van der Waals surface area contributed by atoms with Crippen LogP contribution in [0.2, 0.25) is 5.02 Å². The minimum Gasteiger partial charge on any atom is -0.484 e. The van der Waals surface area contributed by atoms with Gasteiger partial charge in [0.2, 0.25) is 5.91 Å². The molecule has 0 aliphatic rings. The first-order valence-corrected chi connectivity index (χ1v) is 7.90. The van der Waals surface area contributed by atoms with Crippen LogP contribution < -0.4 is 10.1 Å². The van der Waals surface area contributed by atoms with Crippen molar-refractivity contribution in [1.29, 1.82) is 0 Å². The predicted molar refractivity (Wildman–Crippen MR) is 94.4 cm³/mol. The number of likely N-dealkylation sites (N-methyl/N-ethyl adjacent to an activating group) is 1. The van der Waals surface area contributed by atoms with E-state index in [4.69, 9.17) is 16.3 Å². The molecule has 0 aromatic heterocycles. The van der Waals surface area contributed by atoms with E-state index in [0.29, 0.717) is 11.4 Å². The highest BCUT2D eigenvalue weighted by molar-refractivity contribution is 6.31. The van der Waals surface area contributed by atoms with E-state index >= 15 is 0 Å². The lowest BCUT2D eigenvalue weighted by molar-refractivity contribution is -0.130. The molecule has 2 amide bonds. The molecule has 0 fully saturated rings. The third-order valence-electron chi connectivity index (χ3n) is 3.40. The van der Waals surface area contributed by atoms with Gasteiger partial charge in [-0.1, -0.05) is 17.7 Å². The van der Waals surface area contributed by atoms with Gasteiger partial charge < -0.3 is 15.0 Å². The summed E-state index contributed by atoms with van der Waals surface area (Å²) in [5.41, 5.74) is 0.688. The fourth-order valence-electron chi connectivity index (χ4n) is 1.98. The lowest BCUT2D eigenvalue weighted by Crippen LogP contribution is -2.27. The summed E-state index contributed by atoms with van der Waals surface area (Å²) < 4.78 is 19.0. The summed E-state index contributed by atoms with van der Waals surface area (Å²) >= 11 is 5.91. The molecule has 0 heterocycles. The van der Waals surface area contributed by atoms with Crippen LogP contribution in [0.5, 0.6) is 5.75 Å². The number of ether oxygens (including phenoxy) is 1. The molecule has 25 heavy (non-hydrogen) atoms. The Morgan fingerprint density at radius 1 is 1.16 bits per heavy atom. The van der Waals surface area contributed by atoms with Crippen LogP contribution in [-0.4, -0.2) is 37.4 Å². The zero-order valence-electron chi connectivity index (χ0n) is 13.9. The molecule has 7 heteroatoms. The van der Waals surface area contributed by atoms with Crippen LogP contribution in [0.4, 0.5) is 10.1 Å². The molecule has 0 atom stereocenters. The van der Waals surface area contributed by atoms with Crippen LogP contribution in [0.1, 0.15) is 5.56 Å². The van der Waals surface area contributed by atoms with Crippen molar-refractivity contribution in [2.45, 2.75) is 6.42 Å². The summed E-state index contributed by atoms with van der Waals surface area (Å²) in [6.07, 6.45) is -0.166. The Morgan fingerprint density at radius 3 is 2.44 bits per heavy atom. The van der Waals surface area contributed by atoms with Crippen LogP contribution >= 0.6 is 11.6 Å². The molecule has 0 bridgehead atoms. The van der Waals surface area contributed by atoms with Gasteiger partial charge in [0.05, 0.1) is 6.42 Å². The summed E-state index contributed by atoms with van der Waals surface area (Å²) in [6, 6.07) is 10.8. The number of benzene rings is 2. The second kappa shape index (κ2) is 8.48. The van der Waals surface area contributed by atoms with E-state index in [1.54, 1.807) is 38.4 Å². The van der Waals surface area contributed by atoms with E-state index < -0.39 is 5.82 Å². The van der Waals surface area contributed by atoms with Gasteiger partial charge in [0.15, 0.2) is 6.61 Å². The number of hydrogen-bond acceptors (Lipinski definition) is 3. The summed E-state index contributed by atoms with van der Waals surface area (Å²) in [4.78, 5) is 24.9.